The molecule has 1 aliphatic carbocycles. The lowest BCUT2D eigenvalue weighted by molar-refractivity contribution is 0.417. The highest BCUT2D eigenvalue weighted by Crippen LogP contribution is 2.23. The fourth-order valence-electron chi connectivity index (χ4n) is 2.39. The van der Waals surface area contributed by atoms with E-state index < -0.39 is 0 Å². The molecule has 15 heavy (non-hydrogen) atoms. The van der Waals surface area contributed by atoms with Gasteiger partial charge in [-0.1, -0.05) is 12.8 Å². The summed E-state index contributed by atoms with van der Waals surface area (Å²) in [7, 11) is 0. The monoisotopic (exact) mass is 207 g/mol. The van der Waals surface area contributed by atoms with Gasteiger partial charge >= 0.3 is 0 Å². The second-order valence-corrected chi connectivity index (χ2v) is 4.74. The first-order valence-electron chi connectivity index (χ1n) is 6.10. The first-order valence-corrected chi connectivity index (χ1v) is 6.10. The van der Waals surface area contributed by atoms with Gasteiger partial charge in [0.2, 0.25) is 0 Å². The number of furan rings is 1. The molecule has 1 aromatic rings. The van der Waals surface area contributed by atoms with E-state index in [2.05, 4.69) is 12.2 Å². The average Bonchev–Trinajstić information content (AvgIpc) is 2.86. The van der Waals surface area contributed by atoms with E-state index in [1.807, 2.05) is 12.1 Å². The Morgan fingerprint density at radius 3 is 2.93 bits per heavy atom. The van der Waals surface area contributed by atoms with Crippen molar-refractivity contribution in [1.29, 1.82) is 0 Å². The van der Waals surface area contributed by atoms with Crippen LogP contribution in [0.2, 0.25) is 0 Å². The van der Waals surface area contributed by atoms with Crippen molar-refractivity contribution in [3.63, 3.8) is 0 Å². The van der Waals surface area contributed by atoms with Crippen molar-refractivity contribution >= 4 is 0 Å². The molecule has 1 atom stereocenters. The fraction of sp³-hybridized carbons (Fsp3) is 0.692. The molecule has 0 bridgehead atoms. The minimum absolute atomic E-state index is 0.525. The predicted octanol–water partition coefficient (Wildman–Crippen LogP) is 2.99. The zero-order valence-electron chi connectivity index (χ0n) is 9.54. The van der Waals surface area contributed by atoms with Gasteiger partial charge in [0.05, 0.1) is 6.26 Å². The number of hydrogen-bond donors (Lipinski definition) is 1. The smallest absolute Gasteiger partial charge is 0.105 e. The minimum atomic E-state index is 0.525. The van der Waals surface area contributed by atoms with E-state index in [1.54, 1.807) is 6.26 Å². The lowest BCUT2D eigenvalue weighted by atomic mass is 10.1. The maximum atomic E-state index is 5.34. The van der Waals surface area contributed by atoms with Crippen LogP contribution in [-0.4, -0.2) is 12.6 Å². The second kappa shape index (κ2) is 5.36. The molecular formula is C13H21NO. The summed E-state index contributed by atoms with van der Waals surface area (Å²) < 4.78 is 5.34. The van der Waals surface area contributed by atoms with Crippen molar-refractivity contribution in [1.82, 2.24) is 5.32 Å². The first kappa shape index (κ1) is 10.7. The number of hydrogen-bond acceptors (Lipinski definition) is 2. The van der Waals surface area contributed by atoms with E-state index in [1.165, 1.54) is 32.2 Å². The summed E-state index contributed by atoms with van der Waals surface area (Å²) >= 11 is 0. The molecule has 1 fully saturated rings. The standard InChI is InChI=1S/C13H21NO/c1-11(9-13-7-4-8-15-13)14-10-12-5-2-3-6-12/h4,7-8,11-12,14H,2-3,5-6,9-10H2,1H3. The van der Waals surface area contributed by atoms with Crippen LogP contribution in [0.3, 0.4) is 0 Å². The van der Waals surface area contributed by atoms with Crippen LogP contribution >= 0.6 is 0 Å². The molecule has 0 saturated heterocycles. The molecule has 1 aromatic heterocycles. The van der Waals surface area contributed by atoms with Crippen LogP contribution < -0.4 is 5.32 Å². The van der Waals surface area contributed by atoms with Gasteiger partial charge in [-0.3, -0.25) is 0 Å². The Morgan fingerprint density at radius 2 is 2.27 bits per heavy atom. The third kappa shape index (κ3) is 3.38. The lowest BCUT2D eigenvalue weighted by Crippen LogP contribution is -2.31. The average molecular weight is 207 g/mol. The van der Waals surface area contributed by atoms with E-state index in [4.69, 9.17) is 4.42 Å². The van der Waals surface area contributed by atoms with Crippen molar-refractivity contribution in [2.75, 3.05) is 6.54 Å². The molecule has 0 amide bonds. The molecule has 1 unspecified atom stereocenters. The van der Waals surface area contributed by atoms with E-state index in [0.29, 0.717) is 6.04 Å². The SMILES string of the molecule is CC(Cc1ccco1)NCC1CCCC1. The van der Waals surface area contributed by atoms with E-state index in [0.717, 1.165) is 18.1 Å². The number of rotatable bonds is 5. The quantitative estimate of drug-likeness (QED) is 0.803. The predicted molar refractivity (Wildman–Crippen MR) is 61.8 cm³/mol. The van der Waals surface area contributed by atoms with Gasteiger partial charge < -0.3 is 9.73 Å². The molecule has 84 valence electrons. The Bertz CT molecular complexity index is 262. The summed E-state index contributed by atoms with van der Waals surface area (Å²) in [5.41, 5.74) is 0. The third-order valence-corrected chi connectivity index (χ3v) is 3.32. The Morgan fingerprint density at radius 1 is 1.47 bits per heavy atom. The van der Waals surface area contributed by atoms with Gasteiger partial charge in [-0.2, -0.15) is 0 Å². The fourth-order valence-corrected chi connectivity index (χ4v) is 2.39. The van der Waals surface area contributed by atoms with Crippen LogP contribution in [0.1, 0.15) is 38.4 Å². The molecule has 2 heteroatoms. The van der Waals surface area contributed by atoms with Crippen molar-refractivity contribution in [2.24, 2.45) is 5.92 Å². The highest BCUT2D eigenvalue weighted by molar-refractivity contribution is 4.99. The summed E-state index contributed by atoms with van der Waals surface area (Å²) in [5, 5.41) is 3.60. The lowest BCUT2D eigenvalue weighted by Gasteiger charge is -2.15. The summed E-state index contributed by atoms with van der Waals surface area (Å²) in [6.45, 7) is 3.42. The first-order chi connectivity index (χ1) is 7.34. The number of nitrogens with one attached hydrogen (secondary N) is 1. The maximum absolute atomic E-state index is 5.34. The van der Waals surface area contributed by atoms with E-state index >= 15 is 0 Å². The van der Waals surface area contributed by atoms with Crippen LogP contribution in [0.15, 0.2) is 22.8 Å². The molecule has 1 aliphatic rings. The van der Waals surface area contributed by atoms with Crippen LogP contribution in [0.4, 0.5) is 0 Å². The molecule has 0 aromatic carbocycles. The van der Waals surface area contributed by atoms with Crippen molar-refractivity contribution in [3.8, 4) is 0 Å². The van der Waals surface area contributed by atoms with E-state index in [9.17, 15) is 0 Å². The largest absolute Gasteiger partial charge is 0.469 e. The van der Waals surface area contributed by atoms with Crippen LogP contribution in [0.25, 0.3) is 0 Å². The zero-order chi connectivity index (χ0) is 10.5. The topological polar surface area (TPSA) is 25.2 Å². The normalized spacial score (nSPS) is 19.5. The van der Waals surface area contributed by atoms with Gasteiger partial charge in [0.25, 0.3) is 0 Å². The van der Waals surface area contributed by atoms with Crippen molar-refractivity contribution in [2.45, 2.75) is 45.1 Å². The molecule has 1 heterocycles. The van der Waals surface area contributed by atoms with Crippen LogP contribution in [0.5, 0.6) is 0 Å². The molecule has 1 N–H and O–H groups in total. The maximum Gasteiger partial charge on any atom is 0.105 e. The van der Waals surface area contributed by atoms with Gasteiger partial charge in [0.1, 0.15) is 5.76 Å². The zero-order valence-corrected chi connectivity index (χ0v) is 9.54. The summed E-state index contributed by atoms with van der Waals surface area (Å²) in [6, 6.07) is 4.53. The van der Waals surface area contributed by atoms with Gasteiger partial charge in [-0.05, 0) is 44.4 Å². The summed E-state index contributed by atoms with van der Waals surface area (Å²) in [6.07, 6.45) is 8.44. The Hall–Kier alpha value is -0.760. The van der Waals surface area contributed by atoms with E-state index in [-0.39, 0.29) is 0 Å². The van der Waals surface area contributed by atoms with Gasteiger partial charge in [-0.15, -0.1) is 0 Å². The van der Waals surface area contributed by atoms with Crippen molar-refractivity contribution < 1.29 is 4.42 Å². The van der Waals surface area contributed by atoms with Gasteiger partial charge in [-0.25, -0.2) is 0 Å². The molecule has 2 rings (SSSR count). The van der Waals surface area contributed by atoms with Gasteiger partial charge in [0, 0.05) is 12.5 Å². The molecule has 0 radical (unpaired) electrons. The van der Waals surface area contributed by atoms with Crippen molar-refractivity contribution in [3.05, 3.63) is 24.2 Å². The second-order valence-electron chi connectivity index (χ2n) is 4.74. The third-order valence-electron chi connectivity index (χ3n) is 3.32. The highest BCUT2D eigenvalue weighted by Gasteiger charge is 2.15. The Balaban J connectivity index is 1.66. The van der Waals surface area contributed by atoms with Gasteiger partial charge in [0.15, 0.2) is 0 Å². The molecule has 0 spiro atoms. The molecule has 0 aliphatic heterocycles. The van der Waals surface area contributed by atoms with Crippen LogP contribution in [-0.2, 0) is 6.42 Å². The molecule has 1 saturated carbocycles. The molecule has 2 nitrogen and oxygen atoms in total. The van der Waals surface area contributed by atoms with Crippen LogP contribution in [0, 0.1) is 5.92 Å². The summed E-state index contributed by atoms with van der Waals surface area (Å²) in [5.74, 6) is 2.01. The Labute approximate surface area is 92.1 Å². The molecular weight excluding hydrogens is 186 g/mol. The summed E-state index contributed by atoms with van der Waals surface area (Å²) in [4.78, 5) is 0. The Kier molecular flexibility index (Phi) is 3.84. The minimum Gasteiger partial charge on any atom is -0.469 e. The highest BCUT2D eigenvalue weighted by atomic mass is 16.3.